The summed E-state index contributed by atoms with van der Waals surface area (Å²) >= 11 is 5.88. The molecule has 1 aromatic carbocycles. The topological polar surface area (TPSA) is 83.3 Å². The first-order valence-corrected chi connectivity index (χ1v) is 7.73. The van der Waals surface area contributed by atoms with Crippen molar-refractivity contribution in [2.75, 3.05) is 12.3 Å². The first kappa shape index (κ1) is 16.1. The summed E-state index contributed by atoms with van der Waals surface area (Å²) in [5.41, 5.74) is 8.03. The Labute approximate surface area is 143 Å². The number of nitrogen functional groups attached to an aromatic ring is 1. The summed E-state index contributed by atoms with van der Waals surface area (Å²) in [5.74, 6) is 0.601. The molecular formula is C17H16ClN3O3. The van der Waals surface area contributed by atoms with Crippen LogP contribution in [0.5, 0.6) is 0 Å². The van der Waals surface area contributed by atoms with Gasteiger partial charge in [0.15, 0.2) is 0 Å². The number of nitrogens with two attached hydrogens (primary N) is 1. The lowest BCUT2D eigenvalue weighted by molar-refractivity contribution is 0.0486. The van der Waals surface area contributed by atoms with Crippen molar-refractivity contribution >= 4 is 23.4 Å². The number of hydrogen-bond donors (Lipinski definition) is 1. The summed E-state index contributed by atoms with van der Waals surface area (Å²) in [6.07, 6.45) is 1.45. The molecule has 3 aromatic rings. The molecule has 0 spiro atoms. The Kier molecular flexibility index (Phi) is 4.57. The summed E-state index contributed by atoms with van der Waals surface area (Å²) < 4.78 is 11.9. The Morgan fingerprint density at radius 1 is 1.33 bits per heavy atom. The molecular weight excluding hydrogens is 330 g/mol. The molecule has 24 heavy (non-hydrogen) atoms. The number of halogens is 1. The van der Waals surface area contributed by atoms with Crippen molar-refractivity contribution in [1.82, 2.24) is 9.78 Å². The van der Waals surface area contributed by atoms with E-state index < -0.39 is 5.97 Å². The lowest BCUT2D eigenvalue weighted by Gasteiger charge is -2.05. The molecule has 6 nitrogen and oxygen atoms in total. The number of benzene rings is 1. The summed E-state index contributed by atoms with van der Waals surface area (Å²) in [6, 6.07) is 10.7. The van der Waals surface area contributed by atoms with Gasteiger partial charge in [0.05, 0.1) is 18.5 Å². The molecule has 124 valence electrons. The van der Waals surface area contributed by atoms with Gasteiger partial charge in [-0.3, -0.25) is 0 Å². The Hall–Kier alpha value is -2.73. The second-order valence-electron chi connectivity index (χ2n) is 5.21. The first-order valence-electron chi connectivity index (χ1n) is 7.35. The second-order valence-corrected chi connectivity index (χ2v) is 5.65. The van der Waals surface area contributed by atoms with E-state index in [0.29, 0.717) is 28.7 Å². The van der Waals surface area contributed by atoms with Gasteiger partial charge >= 0.3 is 5.97 Å². The number of aryl methyl sites for hydroxylation is 1. The van der Waals surface area contributed by atoms with E-state index in [0.717, 1.165) is 11.3 Å². The Morgan fingerprint density at radius 2 is 2.08 bits per heavy atom. The maximum Gasteiger partial charge on any atom is 0.341 e. The van der Waals surface area contributed by atoms with E-state index in [2.05, 4.69) is 5.10 Å². The van der Waals surface area contributed by atoms with E-state index in [1.54, 1.807) is 35.9 Å². The molecule has 0 unspecified atom stereocenters. The van der Waals surface area contributed by atoms with Gasteiger partial charge in [-0.25, -0.2) is 9.48 Å². The average Bonchev–Trinajstić information content (AvgIpc) is 3.14. The SMILES string of the molecule is Cc1occc1C(=O)OCCn1nc(-c2ccc(Cl)cc2)cc1N. The zero-order valence-electron chi connectivity index (χ0n) is 13.0. The van der Waals surface area contributed by atoms with Crippen LogP contribution in [0.15, 0.2) is 47.1 Å². The Bertz CT molecular complexity index is 852. The predicted molar refractivity (Wildman–Crippen MR) is 90.8 cm³/mol. The lowest BCUT2D eigenvalue weighted by Crippen LogP contribution is -2.14. The van der Waals surface area contributed by atoms with Crippen molar-refractivity contribution in [2.24, 2.45) is 0 Å². The number of furan rings is 1. The van der Waals surface area contributed by atoms with E-state index in [-0.39, 0.29) is 6.61 Å². The van der Waals surface area contributed by atoms with Crippen LogP contribution in [0.3, 0.4) is 0 Å². The van der Waals surface area contributed by atoms with Crippen LogP contribution in [-0.2, 0) is 11.3 Å². The van der Waals surface area contributed by atoms with Crippen LogP contribution in [0.25, 0.3) is 11.3 Å². The standard InChI is InChI=1S/C17H16ClN3O3/c1-11-14(6-8-23-11)17(22)24-9-7-21-16(19)10-15(20-21)12-2-4-13(18)5-3-12/h2-6,8,10H,7,9,19H2,1H3. The summed E-state index contributed by atoms with van der Waals surface area (Å²) in [6.45, 7) is 2.23. The molecule has 0 amide bonds. The van der Waals surface area contributed by atoms with Crippen molar-refractivity contribution in [2.45, 2.75) is 13.5 Å². The molecule has 0 aliphatic rings. The fraction of sp³-hybridized carbons (Fsp3) is 0.176. The van der Waals surface area contributed by atoms with E-state index >= 15 is 0 Å². The van der Waals surface area contributed by atoms with Gasteiger partial charge in [0, 0.05) is 16.7 Å². The van der Waals surface area contributed by atoms with Crippen LogP contribution in [0.1, 0.15) is 16.1 Å². The number of esters is 1. The number of nitrogens with zero attached hydrogens (tertiary/aromatic N) is 2. The van der Waals surface area contributed by atoms with Gasteiger partial charge in [0.1, 0.15) is 23.7 Å². The van der Waals surface area contributed by atoms with Gasteiger partial charge in [-0.1, -0.05) is 23.7 Å². The van der Waals surface area contributed by atoms with Crippen molar-refractivity contribution in [3.63, 3.8) is 0 Å². The molecule has 7 heteroatoms. The smallest absolute Gasteiger partial charge is 0.341 e. The zero-order chi connectivity index (χ0) is 17.1. The number of carbonyl (C=O) groups excluding carboxylic acids is 1. The number of aromatic nitrogens is 2. The molecule has 0 aliphatic heterocycles. The second kappa shape index (κ2) is 6.80. The lowest BCUT2D eigenvalue weighted by atomic mass is 10.1. The summed E-state index contributed by atoms with van der Waals surface area (Å²) in [7, 11) is 0. The van der Waals surface area contributed by atoms with Crippen LogP contribution in [0.2, 0.25) is 5.02 Å². The Morgan fingerprint density at radius 3 is 2.75 bits per heavy atom. The minimum absolute atomic E-state index is 0.162. The summed E-state index contributed by atoms with van der Waals surface area (Å²) in [5, 5.41) is 5.09. The highest BCUT2D eigenvalue weighted by molar-refractivity contribution is 6.30. The average molecular weight is 346 g/mol. The molecule has 0 saturated heterocycles. The van der Waals surface area contributed by atoms with Crippen LogP contribution >= 0.6 is 11.6 Å². The molecule has 0 radical (unpaired) electrons. The van der Waals surface area contributed by atoms with Gasteiger partial charge < -0.3 is 14.9 Å². The van der Waals surface area contributed by atoms with Crippen LogP contribution in [-0.4, -0.2) is 22.4 Å². The maximum atomic E-state index is 11.9. The van der Waals surface area contributed by atoms with E-state index in [1.165, 1.54) is 6.26 Å². The van der Waals surface area contributed by atoms with Crippen LogP contribution < -0.4 is 5.73 Å². The number of carbonyl (C=O) groups is 1. The summed E-state index contributed by atoms with van der Waals surface area (Å²) in [4.78, 5) is 11.9. The third-order valence-electron chi connectivity index (χ3n) is 3.57. The number of ether oxygens (including phenoxy) is 1. The number of rotatable bonds is 5. The Balaban J connectivity index is 1.63. The van der Waals surface area contributed by atoms with Crippen LogP contribution in [0, 0.1) is 6.92 Å². The molecule has 0 atom stereocenters. The van der Waals surface area contributed by atoms with Crippen LogP contribution in [0.4, 0.5) is 5.82 Å². The fourth-order valence-electron chi connectivity index (χ4n) is 2.27. The molecule has 0 bridgehead atoms. The van der Waals surface area contributed by atoms with Crippen molar-refractivity contribution in [3.8, 4) is 11.3 Å². The number of hydrogen-bond acceptors (Lipinski definition) is 5. The van der Waals surface area contributed by atoms with Gasteiger partial charge in [-0.15, -0.1) is 0 Å². The highest BCUT2D eigenvalue weighted by atomic mass is 35.5. The molecule has 2 N–H and O–H groups in total. The molecule has 2 heterocycles. The van der Waals surface area contributed by atoms with Gasteiger partial charge in [0.25, 0.3) is 0 Å². The highest BCUT2D eigenvalue weighted by Crippen LogP contribution is 2.22. The largest absolute Gasteiger partial charge is 0.469 e. The van der Waals surface area contributed by atoms with Gasteiger partial charge in [0.2, 0.25) is 0 Å². The predicted octanol–water partition coefficient (Wildman–Crippen LogP) is 3.54. The minimum Gasteiger partial charge on any atom is -0.469 e. The van der Waals surface area contributed by atoms with Crippen molar-refractivity contribution < 1.29 is 13.9 Å². The highest BCUT2D eigenvalue weighted by Gasteiger charge is 2.13. The monoisotopic (exact) mass is 345 g/mol. The minimum atomic E-state index is -0.426. The van der Waals surface area contributed by atoms with Gasteiger partial charge in [-0.2, -0.15) is 5.10 Å². The van der Waals surface area contributed by atoms with E-state index in [4.69, 9.17) is 26.5 Å². The van der Waals surface area contributed by atoms with Gasteiger partial charge in [-0.05, 0) is 25.1 Å². The maximum absolute atomic E-state index is 11.9. The quantitative estimate of drug-likeness (QED) is 0.715. The van der Waals surface area contributed by atoms with E-state index in [9.17, 15) is 4.79 Å². The third kappa shape index (κ3) is 3.44. The zero-order valence-corrected chi connectivity index (χ0v) is 13.8. The first-order chi connectivity index (χ1) is 11.5. The third-order valence-corrected chi connectivity index (χ3v) is 3.82. The molecule has 0 saturated carbocycles. The normalized spacial score (nSPS) is 10.8. The molecule has 2 aromatic heterocycles. The van der Waals surface area contributed by atoms with E-state index in [1.807, 2.05) is 12.1 Å². The fourth-order valence-corrected chi connectivity index (χ4v) is 2.40. The molecule has 3 rings (SSSR count). The molecule has 0 aliphatic carbocycles. The van der Waals surface area contributed by atoms with Crippen molar-refractivity contribution in [3.05, 3.63) is 59.0 Å². The number of anilines is 1. The van der Waals surface area contributed by atoms with Crippen molar-refractivity contribution in [1.29, 1.82) is 0 Å². The molecule has 0 fully saturated rings.